The molecule has 1 aromatic rings. The summed E-state index contributed by atoms with van der Waals surface area (Å²) in [6.45, 7) is 0. The number of hydrogen-bond acceptors (Lipinski definition) is 2. The third kappa shape index (κ3) is 1.65. The van der Waals surface area contributed by atoms with Gasteiger partial charge in [-0.3, -0.25) is 0 Å². The van der Waals surface area contributed by atoms with E-state index < -0.39 is 5.82 Å². The maximum absolute atomic E-state index is 12.7. The first-order chi connectivity index (χ1) is 6.18. The molecule has 0 amide bonds. The quantitative estimate of drug-likeness (QED) is 0.732. The van der Waals surface area contributed by atoms with Gasteiger partial charge in [0.05, 0.1) is 0 Å². The second kappa shape index (κ2) is 3.00. The molecule has 0 aromatic heterocycles. The normalized spacial score (nSPS) is 18.6. The zero-order valence-electron chi connectivity index (χ0n) is 7.20. The van der Waals surface area contributed by atoms with Crippen LogP contribution in [0.5, 0.6) is 5.75 Å². The summed E-state index contributed by atoms with van der Waals surface area (Å²) >= 11 is 0. The van der Waals surface area contributed by atoms with E-state index in [1.54, 1.807) is 6.07 Å². The fraction of sp³-hybridized carbons (Fsp3) is 0.400. The van der Waals surface area contributed by atoms with Gasteiger partial charge in [-0.15, -0.1) is 0 Å². The minimum Gasteiger partial charge on any atom is -0.505 e. The number of benzene rings is 1. The van der Waals surface area contributed by atoms with Crippen LogP contribution in [0.15, 0.2) is 18.2 Å². The topological polar surface area (TPSA) is 46.2 Å². The smallest absolute Gasteiger partial charge is 0.164 e. The van der Waals surface area contributed by atoms with E-state index in [1.807, 2.05) is 0 Å². The van der Waals surface area contributed by atoms with Crippen LogP contribution in [0.2, 0.25) is 0 Å². The molecule has 0 spiro atoms. The molecule has 2 nitrogen and oxygen atoms in total. The van der Waals surface area contributed by atoms with Crippen LogP contribution in [0.3, 0.4) is 0 Å². The van der Waals surface area contributed by atoms with E-state index in [0.29, 0.717) is 5.92 Å². The van der Waals surface area contributed by atoms with E-state index >= 15 is 0 Å². The Hall–Kier alpha value is -1.09. The Balaban J connectivity index is 2.24. The fourth-order valence-electron chi connectivity index (χ4n) is 1.46. The van der Waals surface area contributed by atoms with Gasteiger partial charge < -0.3 is 10.8 Å². The summed E-state index contributed by atoms with van der Waals surface area (Å²) in [5.74, 6) is -0.384. The molecule has 0 heterocycles. The average Bonchev–Trinajstić information content (AvgIpc) is 2.91. The van der Waals surface area contributed by atoms with Gasteiger partial charge in [0.1, 0.15) is 0 Å². The largest absolute Gasteiger partial charge is 0.505 e. The van der Waals surface area contributed by atoms with Gasteiger partial charge in [0.25, 0.3) is 0 Å². The van der Waals surface area contributed by atoms with Crippen LogP contribution in [-0.4, -0.2) is 5.11 Å². The average molecular weight is 181 g/mol. The summed E-state index contributed by atoms with van der Waals surface area (Å²) in [7, 11) is 0. The first-order valence-electron chi connectivity index (χ1n) is 4.42. The van der Waals surface area contributed by atoms with Crippen molar-refractivity contribution in [2.75, 3.05) is 0 Å². The zero-order valence-corrected chi connectivity index (χ0v) is 7.20. The van der Waals surface area contributed by atoms with Crippen LogP contribution in [0.4, 0.5) is 4.39 Å². The molecule has 0 bridgehead atoms. The first-order valence-corrected chi connectivity index (χ1v) is 4.42. The van der Waals surface area contributed by atoms with Crippen LogP contribution < -0.4 is 5.73 Å². The van der Waals surface area contributed by atoms with Gasteiger partial charge >= 0.3 is 0 Å². The molecule has 0 radical (unpaired) electrons. The summed E-state index contributed by atoms with van der Waals surface area (Å²) in [4.78, 5) is 0. The summed E-state index contributed by atoms with van der Waals surface area (Å²) < 4.78 is 12.7. The number of nitrogens with two attached hydrogens (primary N) is 1. The lowest BCUT2D eigenvalue weighted by Crippen LogP contribution is -2.12. The van der Waals surface area contributed by atoms with Crippen molar-refractivity contribution >= 4 is 0 Å². The molecular weight excluding hydrogens is 169 g/mol. The summed E-state index contributed by atoms with van der Waals surface area (Å²) in [5, 5.41) is 9.12. The summed E-state index contributed by atoms with van der Waals surface area (Å²) in [6, 6.07) is 4.26. The fourth-order valence-corrected chi connectivity index (χ4v) is 1.46. The lowest BCUT2D eigenvalue weighted by atomic mass is 10.0. The van der Waals surface area contributed by atoms with E-state index in [9.17, 15) is 4.39 Å². The Morgan fingerprint density at radius 1 is 1.46 bits per heavy atom. The molecule has 70 valence electrons. The third-order valence-electron chi connectivity index (χ3n) is 2.48. The standard InChI is InChI=1S/C10H12FNO/c11-8-4-3-7(5-9(8)13)10(12)6-1-2-6/h3-6,10,13H,1-2,12H2. The molecule has 1 aliphatic carbocycles. The van der Waals surface area contributed by atoms with Crippen molar-refractivity contribution in [3.63, 3.8) is 0 Å². The molecule has 3 heteroatoms. The number of aromatic hydroxyl groups is 1. The van der Waals surface area contributed by atoms with Crippen molar-refractivity contribution < 1.29 is 9.50 Å². The predicted octanol–water partition coefficient (Wildman–Crippen LogP) is 1.94. The monoisotopic (exact) mass is 181 g/mol. The molecule has 0 aliphatic heterocycles. The molecule has 0 saturated heterocycles. The molecule has 1 unspecified atom stereocenters. The van der Waals surface area contributed by atoms with Gasteiger partial charge in [-0.25, -0.2) is 4.39 Å². The Morgan fingerprint density at radius 3 is 2.69 bits per heavy atom. The van der Waals surface area contributed by atoms with E-state index in [2.05, 4.69) is 0 Å². The minimum atomic E-state index is -0.591. The highest BCUT2D eigenvalue weighted by molar-refractivity contribution is 5.31. The van der Waals surface area contributed by atoms with E-state index in [1.165, 1.54) is 12.1 Å². The number of phenols is 1. The van der Waals surface area contributed by atoms with Crippen molar-refractivity contribution in [2.45, 2.75) is 18.9 Å². The first kappa shape index (κ1) is 8.51. The van der Waals surface area contributed by atoms with Crippen molar-refractivity contribution in [3.05, 3.63) is 29.6 Å². The minimum absolute atomic E-state index is 0.0495. The van der Waals surface area contributed by atoms with Crippen LogP contribution in [-0.2, 0) is 0 Å². The third-order valence-corrected chi connectivity index (χ3v) is 2.48. The summed E-state index contributed by atoms with van der Waals surface area (Å²) in [5.41, 5.74) is 6.71. The number of hydrogen-bond donors (Lipinski definition) is 2. The van der Waals surface area contributed by atoms with Crippen LogP contribution >= 0.6 is 0 Å². The van der Waals surface area contributed by atoms with Crippen LogP contribution in [0, 0.1) is 11.7 Å². The summed E-state index contributed by atoms with van der Waals surface area (Å²) in [6.07, 6.45) is 2.28. The predicted molar refractivity (Wildman–Crippen MR) is 47.7 cm³/mol. The van der Waals surface area contributed by atoms with Crippen molar-refractivity contribution in [1.29, 1.82) is 0 Å². The maximum atomic E-state index is 12.7. The Kier molecular flexibility index (Phi) is 1.96. The molecule has 1 aliphatic rings. The van der Waals surface area contributed by atoms with Gasteiger partial charge in [0, 0.05) is 6.04 Å². The second-order valence-corrected chi connectivity index (χ2v) is 3.57. The SMILES string of the molecule is NC(c1ccc(F)c(O)c1)C1CC1. The molecule has 2 rings (SSSR count). The van der Waals surface area contributed by atoms with Gasteiger partial charge in [-0.2, -0.15) is 0 Å². The van der Waals surface area contributed by atoms with E-state index in [4.69, 9.17) is 10.8 Å². The number of rotatable bonds is 2. The molecule has 1 fully saturated rings. The Bertz CT molecular complexity index is 323. The highest BCUT2D eigenvalue weighted by atomic mass is 19.1. The van der Waals surface area contributed by atoms with Crippen molar-refractivity contribution in [2.24, 2.45) is 11.7 Å². The highest BCUT2D eigenvalue weighted by Crippen LogP contribution is 2.40. The van der Waals surface area contributed by atoms with Gasteiger partial charge in [-0.05, 0) is 36.5 Å². The van der Waals surface area contributed by atoms with Crippen LogP contribution in [0.25, 0.3) is 0 Å². The molecule has 13 heavy (non-hydrogen) atoms. The van der Waals surface area contributed by atoms with Crippen molar-refractivity contribution in [1.82, 2.24) is 0 Å². The Morgan fingerprint density at radius 2 is 2.15 bits per heavy atom. The molecule has 3 N–H and O–H groups in total. The lowest BCUT2D eigenvalue weighted by molar-refractivity contribution is 0.430. The highest BCUT2D eigenvalue weighted by Gasteiger charge is 2.29. The molecular formula is C10H12FNO. The van der Waals surface area contributed by atoms with E-state index in [0.717, 1.165) is 18.4 Å². The second-order valence-electron chi connectivity index (χ2n) is 3.57. The molecule has 1 aromatic carbocycles. The van der Waals surface area contributed by atoms with Gasteiger partial charge in [-0.1, -0.05) is 6.07 Å². The molecule has 1 atom stereocenters. The maximum Gasteiger partial charge on any atom is 0.164 e. The zero-order chi connectivity index (χ0) is 9.42. The number of phenolic OH excluding ortho intramolecular Hbond substituents is 1. The van der Waals surface area contributed by atoms with Gasteiger partial charge in [0.15, 0.2) is 11.6 Å². The Labute approximate surface area is 76.2 Å². The number of halogens is 1. The van der Waals surface area contributed by atoms with E-state index in [-0.39, 0.29) is 11.8 Å². The molecule has 1 saturated carbocycles. The van der Waals surface area contributed by atoms with Crippen LogP contribution in [0.1, 0.15) is 24.4 Å². The van der Waals surface area contributed by atoms with Crippen molar-refractivity contribution in [3.8, 4) is 5.75 Å². The van der Waals surface area contributed by atoms with Gasteiger partial charge in [0.2, 0.25) is 0 Å². The lowest BCUT2D eigenvalue weighted by Gasteiger charge is -2.10.